The first kappa shape index (κ1) is 23.3. The smallest absolute Gasteiger partial charge is 0.249 e. The number of carbonyl (C=O) groups excluding carboxylic acids is 1. The van der Waals surface area contributed by atoms with Crippen LogP contribution in [0.15, 0.2) is 63.3 Å². The second-order valence-electron chi connectivity index (χ2n) is 6.59. The number of sulfonamides is 1. The number of amides is 1. The Morgan fingerprint density at radius 3 is 2.45 bits per heavy atom. The Balaban J connectivity index is 1.93. The third-order valence-electron chi connectivity index (χ3n) is 4.41. The molecule has 1 amide bonds. The fourth-order valence-corrected chi connectivity index (χ4v) is 5.82. The summed E-state index contributed by atoms with van der Waals surface area (Å²) in [4.78, 5) is 16.9. The predicted octanol–water partition coefficient (Wildman–Crippen LogP) is 1.29. The van der Waals surface area contributed by atoms with Crippen LogP contribution in [0.4, 0.5) is 0 Å². The summed E-state index contributed by atoms with van der Waals surface area (Å²) in [7, 11) is -5.95. The number of methoxy groups -OCH3 is 1. The zero-order chi connectivity index (χ0) is 22.6. The monoisotopic (exact) mass is 483 g/mol. The average molecular weight is 484 g/mol. The molecule has 0 radical (unpaired) electrons. The molecule has 166 valence electrons. The van der Waals surface area contributed by atoms with Gasteiger partial charge in [-0.3, -0.25) is 4.79 Å². The van der Waals surface area contributed by atoms with Gasteiger partial charge in [-0.15, -0.1) is 0 Å². The van der Waals surface area contributed by atoms with Gasteiger partial charge in [0.05, 0.1) is 32.4 Å². The molecule has 3 rings (SSSR count). The number of hydrogen-bond acceptors (Lipinski definition) is 7. The van der Waals surface area contributed by atoms with Gasteiger partial charge < -0.3 is 9.30 Å². The summed E-state index contributed by atoms with van der Waals surface area (Å²) < 4.78 is 55.4. The first-order valence-corrected chi connectivity index (χ1v) is 13.1. The lowest BCUT2D eigenvalue weighted by atomic mass is 10.3. The van der Waals surface area contributed by atoms with Crippen LogP contribution in [-0.2, 0) is 35.9 Å². The number of rotatable bonds is 8. The maximum absolute atomic E-state index is 12.4. The molecule has 0 saturated carbocycles. The van der Waals surface area contributed by atoms with Crippen LogP contribution >= 0.6 is 11.3 Å². The van der Waals surface area contributed by atoms with Crippen molar-refractivity contribution in [1.82, 2.24) is 4.57 Å². The standard InChI is InChI=1S/C19H21N3O6S3/c1-28-11-10-22-16-8-7-15(31(20,26)27)13-17(16)29-19(22)21-18(23)9-12-30(24,25)14-5-3-2-4-6-14/h2-8,13H,9-12H2,1H3,(H2,20,26,27). The van der Waals surface area contributed by atoms with E-state index < -0.39 is 25.8 Å². The number of nitrogens with two attached hydrogens (primary N) is 1. The van der Waals surface area contributed by atoms with Crippen molar-refractivity contribution in [2.24, 2.45) is 10.1 Å². The van der Waals surface area contributed by atoms with Gasteiger partial charge in [0.25, 0.3) is 0 Å². The van der Waals surface area contributed by atoms with Gasteiger partial charge in [-0.1, -0.05) is 29.5 Å². The lowest BCUT2D eigenvalue weighted by Gasteiger charge is -2.05. The number of sulfone groups is 1. The van der Waals surface area contributed by atoms with Crippen molar-refractivity contribution >= 4 is 47.3 Å². The highest BCUT2D eigenvalue weighted by molar-refractivity contribution is 7.91. The summed E-state index contributed by atoms with van der Waals surface area (Å²) in [5.74, 6) is -0.957. The number of fused-ring (bicyclic) bond motifs is 1. The molecule has 3 aromatic rings. The number of ether oxygens (including phenoxy) is 1. The molecule has 31 heavy (non-hydrogen) atoms. The van der Waals surface area contributed by atoms with Crippen LogP contribution < -0.4 is 9.94 Å². The number of carbonyl (C=O) groups is 1. The van der Waals surface area contributed by atoms with Gasteiger partial charge in [0.15, 0.2) is 14.6 Å². The summed E-state index contributed by atoms with van der Waals surface area (Å²) in [5, 5.41) is 5.20. The molecule has 2 aromatic carbocycles. The maximum atomic E-state index is 12.4. The summed E-state index contributed by atoms with van der Waals surface area (Å²) in [6.07, 6.45) is -0.280. The minimum Gasteiger partial charge on any atom is -0.383 e. The molecule has 0 unspecified atom stereocenters. The molecule has 0 aliphatic rings. The summed E-state index contributed by atoms with van der Waals surface area (Å²) in [5.41, 5.74) is 0.665. The van der Waals surface area contributed by atoms with Crippen LogP contribution in [0, 0.1) is 0 Å². The highest BCUT2D eigenvalue weighted by atomic mass is 32.2. The Labute approximate surface area is 183 Å². The lowest BCUT2D eigenvalue weighted by Crippen LogP contribution is -2.20. The molecular weight excluding hydrogens is 462 g/mol. The van der Waals surface area contributed by atoms with Gasteiger partial charge in [0, 0.05) is 20.1 Å². The number of aromatic nitrogens is 1. The molecule has 0 aliphatic heterocycles. The Kier molecular flexibility index (Phi) is 7.06. The summed E-state index contributed by atoms with van der Waals surface area (Å²) in [6.45, 7) is 0.714. The van der Waals surface area contributed by atoms with E-state index in [2.05, 4.69) is 4.99 Å². The zero-order valence-electron chi connectivity index (χ0n) is 16.6. The summed E-state index contributed by atoms with van der Waals surface area (Å²) >= 11 is 1.11. The molecule has 1 heterocycles. The number of nitrogens with zero attached hydrogens (tertiary/aromatic N) is 2. The molecule has 0 spiro atoms. The third-order valence-corrected chi connectivity index (χ3v) is 8.09. The Morgan fingerprint density at radius 1 is 1.10 bits per heavy atom. The van der Waals surface area contributed by atoms with E-state index in [0.717, 1.165) is 11.3 Å². The highest BCUT2D eigenvalue weighted by Gasteiger charge is 2.17. The Hall–Kier alpha value is -2.38. The minimum atomic E-state index is -3.88. The molecule has 0 fully saturated rings. The van der Waals surface area contributed by atoms with E-state index >= 15 is 0 Å². The molecule has 12 heteroatoms. The van der Waals surface area contributed by atoms with E-state index in [1.54, 1.807) is 28.8 Å². The second kappa shape index (κ2) is 9.40. The molecule has 0 aliphatic carbocycles. The highest BCUT2D eigenvalue weighted by Crippen LogP contribution is 2.21. The topological polar surface area (TPSA) is 138 Å². The largest absolute Gasteiger partial charge is 0.383 e. The second-order valence-corrected chi connectivity index (χ2v) is 11.3. The quantitative estimate of drug-likeness (QED) is 0.512. The number of primary sulfonamides is 1. The van der Waals surface area contributed by atoms with Gasteiger partial charge >= 0.3 is 0 Å². The van der Waals surface area contributed by atoms with Gasteiger partial charge in [0.2, 0.25) is 15.9 Å². The molecule has 2 N–H and O–H groups in total. The molecule has 9 nitrogen and oxygen atoms in total. The van der Waals surface area contributed by atoms with Crippen molar-refractivity contribution in [2.75, 3.05) is 19.5 Å². The van der Waals surface area contributed by atoms with E-state index in [1.807, 2.05) is 0 Å². The lowest BCUT2D eigenvalue weighted by molar-refractivity contribution is -0.117. The van der Waals surface area contributed by atoms with Crippen molar-refractivity contribution in [3.05, 3.63) is 53.3 Å². The van der Waals surface area contributed by atoms with Crippen molar-refractivity contribution in [2.45, 2.75) is 22.8 Å². The fraction of sp³-hybridized carbons (Fsp3) is 0.263. The van der Waals surface area contributed by atoms with Gasteiger partial charge in [0.1, 0.15) is 0 Å². The van der Waals surface area contributed by atoms with Crippen LogP contribution in [0.1, 0.15) is 6.42 Å². The molecule has 0 bridgehead atoms. The normalized spacial score (nSPS) is 13.0. The number of thiazole rings is 1. The fourth-order valence-electron chi connectivity index (χ4n) is 2.84. The van der Waals surface area contributed by atoms with Crippen LogP contribution in [0.25, 0.3) is 10.2 Å². The summed E-state index contributed by atoms with van der Waals surface area (Å²) in [6, 6.07) is 12.3. The maximum Gasteiger partial charge on any atom is 0.249 e. The van der Waals surface area contributed by atoms with Gasteiger partial charge in [-0.2, -0.15) is 4.99 Å². The number of benzene rings is 2. The Bertz CT molecular complexity index is 1370. The van der Waals surface area contributed by atoms with Crippen molar-refractivity contribution in [3.8, 4) is 0 Å². The van der Waals surface area contributed by atoms with Crippen molar-refractivity contribution in [1.29, 1.82) is 0 Å². The van der Waals surface area contributed by atoms with Crippen molar-refractivity contribution < 1.29 is 26.4 Å². The molecular formula is C19H21N3O6S3. The van der Waals surface area contributed by atoms with Crippen LogP contribution in [0.5, 0.6) is 0 Å². The van der Waals surface area contributed by atoms with E-state index in [-0.39, 0.29) is 22.0 Å². The predicted molar refractivity (Wildman–Crippen MR) is 117 cm³/mol. The minimum absolute atomic E-state index is 0.0491. The molecule has 0 atom stereocenters. The first-order chi connectivity index (χ1) is 14.6. The van der Waals surface area contributed by atoms with E-state index in [4.69, 9.17) is 9.88 Å². The van der Waals surface area contributed by atoms with Crippen LogP contribution in [0.3, 0.4) is 0 Å². The number of hydrogen-bond donors (Lipinski definition) is 1. The van der Waals surface area contributed by atoms with Crippen molar-refractivity contribution in [3.63, 3.8) is 0 Å². The SMILES string of the molecule is COCCn1c(=NC(=O)CCS(=O)(=O)c2ccccc2)sc2cc(S(N)(=O)=O)ccc21. The van der Waals surface area contributed by atoms with E-state index in [1.165, 1.54) is 31.4 Å². The van der Waals surface area contributed by atoms with E-state index in [0.29, 0.717) is 28.2 Å². The first-order valence-electron chi connectivity index (χ1n) is 9.12. The van der Waals surface area contributed by atoms with Gasteiger partial charge in [-0.25, -0.2) is 22.0 Å². The van der Waals surface area contributed by atoms with E-state index in [9.17, 15) is 21.6 Å². The zero-order valence-corrected chi connectivity index (χ0v) is 19.0. The van der Waals surface area contributed by atoms with Crippen LogP contribution in [-0.4, -0.2) is 46.8 Å². The Morgan fingerprint density at radius 2 is 1.81 bits per heavy atom. The van der Waals surface area contributed by atoms with Gasteiger partial charge in [-0.05, 0) is 30.3 Å². The average Bonchev–Trinajstić information content (AvgIpc) is 3.07. The third kappa shape index (κ3) is 5.66. The molecule has 1 aromatic heterocycles. The molecule has 0 saturated heterocycles. The van der Waals surface area contributed by atoms with Crippen LogP contribution in [0.2, 0.25) is 0 Å².